The zero-order chi connectivity index (χ0) is 35.5. The van der Waals surface area contributed by atoms with E-state index < -0.39 is 58.7 Å². The molecule has 4 N–H and O–H groups in total. The van der Waals surface area contributed by atoms with Gasteiger partial charge in [-0.1, -0.05) is 35.2 Å². The van der Waals surface area contributed by atoms with Crippen LogP contribution in [0.4, 0.5) is 4.79 Å². The molecule has 3 atom stereocenters. The van der Waals surface area contributed by atoms with E-state index in [4.69, 9.17) is 4.74 Å². The minimum atomic E-state index is -2.12. The molecular formula is C28H28N8O10S3. The first kappa shape index (κ1) is 35.3. The number of carboxylic acid groups (broad SMARTS) is 1. The number of nitrogens with zero attached hydrogens (tertiary/aromatic N) is 5. The van der Waals surface area contributed by atoms with Gasteiger partial charge in [0.05, 0.1) is 0 Å². The molecular weight excluding hydrogens is 705 g/mol. The van der Waals surface area contributed by atoms with Gasteiger partial charge >= 0.3 is 29.8 Å². The number of urea groups is 1. The molecule has 5 rings (SSSR count). The number of nitrogens with one attached hydrogen (secondary N) is 3. The number of hydrogen-bond donors (Lipinski definition) is 4. The maximum absolute atomic E-state index is 14.0. The number of carboxylic acids is 1. The number of benzene rings is 1. The minimum absolute atomic E-state index is 0.0681. The first-order valence-electron chi connectivity index (χ1n) is 14.4. The third-order valence-corrected chi connectivity index (χ3v) is 11.0. The van der Waals surface area contributed by atoms with Crippen molar-refractivity contribution < 1.29 is 48.2 Å². The van der Waals surface area contributed by atoms with Crippen LogP contribution in [0.1, 0.15) is 25.5 Å². The van der Waals surface area contributed by atoms with E-state index >= 15 is 0 Å². The summed E-state index contributed by atoms with van der Waals surface area (Å²) >= 11 is 3.60. The first-order valence-corrected chi connectivity index (χ1v) is 17.4. The standard InChI is InChI=1S/C28H28N8O10S3/c1-3-34-8-9-35(22(41)21(34)40)26(45)31-18(15-4-6-17(7-5-15)46-14(2)38)20(39)32-28(29-12-37)24(44)36-19(23(42)43)16(10-47-25(28)36)11-48-27-33-30-13-49-27/h4-7,12-13,18,25H,3,8-11H2,1-2H3,(H,29,37)(H,31,45)(H,32,39)(H,42,43)/t18?,25-,28-/m1/s1. The Labute approximate surface area is 290 Å². The summed E-state index contributed by atoms with van der Waals surface area (Å²) in [5.74, 6) is -5.56. The second-order valence-corrected chi connectivity index (χ2v) is 13.7. The van der Waals surface area contributed by atoms with Crippen LogP contribution in [0.25, 0.3) is 0 Å². The van der Waals surface area contributed by atoms with Crippen molar-refractivity contribution in [1.29, 1.82) is 0 Å². The molecule has 258 valence electrons. The van der Waals surface area contributed by atoms with Gasteiger partial charge in [0.2, 0.25) is 18.0 Å². The number of fused-ring (bicyclic) bond motifs is 1. The lowest BCUT2D eigenvalue weighted by Gasteiger charge is -2.56. The van der Waals surface area contributed by atoms with Gasteiger partial charge in [-0.2, -0.15) is 0 Å². The van der Waals surface area contributed by atoms with Crippen molar-refractivity contribution in [3.05, 3.63) is 46.6 Å². The number of ether oxygens (including phenoxy) is 1. The summed E-state index contributed by atoms with van der Waals surface area (Å²) in [6.45, 7) is 3.02. The Kier molecular flexibility index (Phi) is 10.5. The summed E-state index contributed by atoms with van der Waals surface area (Å²) in [7, 11) is 0. The highest BCUT2D eigenvalue weighted by Gasteiger charge is 2.66. The van der Waals surface area contributed by atoms with Crippen LogP contribution in [0.3, 0.4) is 0 Å². The molecule has 3 aliphatic rings. The Morgan fingerprint density at radius 3 is 2.51 bits per heavy atom. The lowest BCUT2D eigenvalue weighted by Crippen LogP contribution is -2.85. The van der Waals surface area contributed by atoms with Gasteiger partial charge in [0.1, 0.15) is 28.4 Å². The molecule has 18 nitrogen and oxygen atoms in total. The SMILES string of the molecule is CCN1CCN(C(=O)NC(C(=O)N[C@]2(NC=O)C(=O)N3C(C(=O)O)=C(CSc4nncs4)CS[C@@H]32)c2ccc(OC(C)=O)cc2)C(=O)C1=O. The fraction of sp³-hybridized carbons (Fsp3) is 0.357. The molecule has 1 aromatic heterocycles. The van der Waals surface area contributed by atoms with Crippen molar-refractivity contribution in [3.63, 3.8) is 0 Å². The van der Waals surface area contributed by atoms with Crippen molar-refractivity contribution >= 4 is 82.9 Å². The molecule has 7 amide bonds. The van der Waals surface area contributed by atoms with Crippen molar-refractivity contribution in [3.8, 4) is 5.75 Å². The first-order chi connectivity index (χ1) is 23.4. The van der Waals surface area contributed by atoms with Crippen LogP contribution in [-0.4, -0.2) is 120 Å². The number of aromatic nitrogens is 2. The molecule has 2 aromatic rings. The average molecular weight is 733 g/mol. The molecule has 0 bridgehead atoms. The second kappa shape index (κ2) is 14.6. The monoisotopic (exact) mass is 732 g/mol. The Morgan fingerprint density at radius 2 is 1.90 bits per heavy atom. The van der Waals surface area contributed by atoms with Crippen LogP contribution in [0.5, 0.6) is 5.75 Å². The summed E-state index contributed by atoms with van der Waals surface area (Å²) in [4.78, 5) is 105. The number of esters is 1. The van der Waals surface area contributed by atoms with Gasteiger partial charge < -0.3 is 30.7 Å². The predicted octanol–water partition coefficient (Wildman–Crippen LogP) is -0.491. The van der Waals surface area contributed by atoms with E-state index in [-0.39, 0.29) is 54.6 Å². The molecule has 1 unspecified atom stereocenters. The van der Waals surface area contributed by atoms with Gasteiger partial charge in [0, 0.05) is 38.1 Å². The smallest absolute Gasteiger partial charge is 0.352 e. The summed E-state index contributed by atoms with van der Waals surface area (Å²) in [5, 5.41) is 23.9. The largest absolute Gasteiger partial charge is 0.477 e. The molecule has 21 heteroatoms. The molecule has 0 aliphatic carbocycles. The van der Waals surface area contributed by atoms with Crippen molar-refractivity contribution in [2.24, 2.45) is 0 Å². The number of β-lactam (4-membered cyclic amide) rings is 1. The highest BCUT2D eigenvalue weighted by atomic mass is 32.2. The maximum atomic E-state index is 14.0. The van der Waals surface area contributed by atoms with E-state index in [1.165, 1.54) is 64.7 Å². The summed E-state index contributed by atoms with van der Waals surface area (Å²) in [5.41, 5.74) is -0.385. The number of aliphatic carboxylic acids is 1. The lowest BCUT2D eigenvalue weighted by atomic mass is 9.94. The minimum Gasteiger partial charge on any atom is -0.477 e. The lowest BCUT2D eigenvalue weighted by molar-refractivity contribution is -0.163. The number of imide groups is 1. The molecule has 1 aromatic carbocycles. The molecule has 0 saturated carbocycles. The molecule has 3 aliphatic heterocycles. The van der Waals surface area contributed by atoms with Crippen LogP contribution in [-0.2, 0) is 33.6 Å². The third-order valence-electron chi connectivity index (χ3n) is 7.61. The number of carbonyl (C=O) groups is 8. The topological polar surface area (TPSA) is 238 Å². The van der Waals surface area contributed by atoms with Gasteiger partial charge in [-0.15, -0.1) is 22.0 Å². The normalized spacial score (nSPS) is 21.0. The summed E-state index contributed by atoms with van der Waals surface area (Å²) < 4.78 is 5.63. The van der Waals surface area contributed by atoms with Gasteiger partial charge in [-0.3, -0.25) is 38.6 Å². The van der Waals surface area contributed by atoms with Crippen molar-refractivity contribution in [1.82, 2.24) is 40.8 Å². The predicted molar refractivity (Wildman–Crippen MR) is 171 cm³/mol. The number of hydrogen-bond acceptors (Lipinski definition) is 14. The maximum Gasteiger partial charge on any atom is 0.352 e. The van der Waals surface area contributed by atoms with Crippen LogP contribution < -0.4 is 20.7 Å². The van der Waals surface area contributed by atoms with Crippen LogP contribution in [0.15, 0.2) is 45.4 Å². The number of amides is 7. The zero-order valence-electron chi connectivity index (χ0n) is 25.7. The van der Waals surface area contributed by atoms with Gasteiger partial charge in [0.15, 0.2) is 4.34 Å². The van der Waals surface area contributed by atoms with Gasteiger partial charge in [-0.25, -0.2) is 9.59 Å². The highest BCUT2D eigenvalue weighted by molar-refractivity contribution is 8.01. The van der Waals surface area contributed by atoms with E-state index in [1.807, 2.05) is 0 Å². The molecule has 0 radical (unpaired) electrons. The fourth-order valence-corrected chi connectivity index (χ4v) is 8.37. The number of carbonyl (C=O) groups excluding carboxylic acids is 7. The molecule has 49 heavy (non-hydrogen) atoms. The van der Waals surface area contributed by atoms with Gasteiger partial charge in [0.25, 0.3) is 5.91 Å². The van der Waals surface area contributed by atoms with E-state index in [0.29, 0.717) is 14.8 Å². The molecule has 4 heterocycles. The van der Waals surface area contributed by atoms with E-state index in [9.17, 15) is 43.5 Å². The third kappa shape index (κ3) is 6.94. The van der Waals surface area contributed by atoms with E-state index in [1.54, 1.807) is 6.92 Å². The zero-order valence-corrected chi connectivity index (χ0v) is 28.2. The van der Waals surface area contributed by atoms with Crippen LogP contribution in [0, 0.1) is 0 Å². The summed E-state index contributed by atoms with van der Waals surface area (Å²) in [6, 6.07) is 2.67. The molecule has 0 spiro atoms. The van der Waals surface area contributed by atoms with Crippen LogP contribution in [0.2, 0.25) is 0 Å². The van der Waals surface area contributed by atoms with Crippen LogP contribution >= 0.6 is 34.9 Å². The number of thioether (sulfide) groups is 2. The number of rotatable bonds is 12. The Hall–Kier alpha value is -5.02. The van der Waals surface area contributed by atoms with Crippen molar-refractivity contribution in [2.45, 2.75) is 35.3 Å². The Balaban J connectivity index is 1.42. The number of piperazine rings is 1. The molecule has 2 fully saturated rings. The fourth-order valence-electron chi connectivity index (χ4n) is 5.31. The van der Waals surface area contributed by atoms with Crippen molar-refractivity contribution in [2.75, 3.05) is 31.1 Å². The Morgan fingerprint density at radius 1 is 1.16 bits per heavy atom. The van der Waals surface area contributed by atoms with E-state index in [0.717, 1.165) is 16.7 Å². The summed E-state index contributed by atoms with van der Waals surface area (Å²) in [6.07, 6.45) is 0.181. The van der Waals surface area contributed by atoms with E-state index in [2.05, 4.69) is 26.1 Å². The highest BCUT2D eigenvalue weighted by Crippen LogP contribution is 2.46. The molecule has 2 saturated heterocycles. The second-order valence-electron chi connectivity index (χ2n) is 10.5. The average Bonchev–Trinajstić information content (AvgIpc) is 3.60. The van der Waals surface area contributed by atoms with Gasteiger partial charge in [-0.05, 0) is 30.2 Å². The Bertz CT molecular complexity index is 1740. The number of likely N-dealkylation sites (N-methyl/N-ethyl adjacent to an activating group) is 1. The quantitative estimate of drug-likeness (QED) is 0.0410.